The highest BCUT2D eigenvalue weighted by Crippen LogP contribution is 2.33. The van der Waals surface area contributed by atoms with Crippen LogP contribution in [0, 0.1) is 6.92 Å². The third kappa shape index (κ3) is 2.73. The smallest absolute Gasteiger partial charge is 0.335 e. The topological polar surface area (TPSA) is 56.3 Å². The van der Waals surface area contributed by atoms with Crippen LogP contribution in [-0.4, -0.2) is 35.1 Å². The van der Waals surface area contributed by atoms with Gasteiger partial charge in [-0.05, 0) is 49.8 Å². The van der Waals surface area contributed by atoms with Crippen LogP contribution >= 0.6 is 0 Å². The van der Waals surface area contributed by atoms with Crippen LogP contribution < -0.4 is 0 Å². The lowest BCUT2D eigenvalue weighted by Crippen LogP contribution is -2.21. The molecule has 0 bridgehead atoms. The lowest BCUT2D eigenvalue weighted by Gasteiger charge is -2.25. The monoisotopic (exact) mass is 308 g/mol. The molecule has 0 saturated carbocycles. The van der Waals surface area contributed by atoms with Crippen molar-refractivity contribution in [3.05, 3.63) is 70.9 Å². The molecule has 4 heteroatoms. The number of nitrogens with zero attached hydrogens (tertiary/aromatic N) is 1. The van der Waals surface area contributed by atoms with Gasteiger partial charge < -0.3 is 10.1 Å². The van der Waals surface area contributed by atoms with Crippen molar-refractivity contribution in [2.45, 2.75) is 13.0 Å². The molecule has 1 atom stereocenters. The summed E-state index contributed by atoms with van der Waals surface area (Å²) in [5, 5.41) is 10.3. The third-order valence-corrected chi connectivity index (χ3v) is 4.24. The van der Waals surface area contributed by atoms with Gasteiger partial charge in [-0.2, -0.15) is 0 Å². The van der Waals surface area contributed by atoms with Gasteiger partial charge in [0, 0.05) is 17.1 Å². The van der Waals surface area contributed by atoms with E-state index in [1.165, 1.54) is 16.5 Å². The van der Waals surface area contributed by atoms with E-state index in [2.05, 4.69) is 35.0 Å². The number of aryl methyl sites for hydroxylation is 1. The predicted molar refractivity (Wildman–Crippen MR) is 92.0 cm³/mol. The quantitative estimate of drug-likeness (QED) is 0.770. The normalized spacial score (nSPS) is 12.7. The Morgan fingerprint density at radius 1 is 1.13 bits per heavy atom. The fourth-order valence-electron chi connectivity index (χ4n) is 3.12. The lowest BCUT2D eigenvalue weighted by molar-refractivity contribution is 0.0697. The van der Waals surface area contributed by atoms with Crippen LogP contribution in [0.2, 0.25) is 0 Å². The van der Waals surface area contributed by atoms with Gasteiger partial charge in [0.1, 0.15) is 0 Å². The maximum atomic E-state index is 11.0. The minimum absolute atomic E-state index is 0.0633. The predicted octanol–water partition coefficient (Wildman–Crippen LogP) is 3.83. The van der Waals surface area contributed by atoms with Gasteiger partial charge in [-0.1, -0.05) is 30.3 Å². The minimum Gasteiger partial charge on any atom is -0.478 e. The van der Waals surface area contributed by atoms with E-state index in [0.717, 1.165) is 11.1 Å². The van der Waals surface area contributed by atoms with Gasteiger partial charge in [-0.15, -0.1) is 0 Å². The van der Waals surface area contributed by atoms with E-state index in [0.29, 0.717) is 5.56 Å². The van der Waals surface area contributed by atoms with Gasteiger partial charge in [0.15, 0.2) is 0 Å². The third-order valence-electron chi connectivity index (χ3n) is 4.24. The zero-order chi connectivity index (χ0) is 16.6. The van der Waals surface area contributed by atoms with Crippen molar-refractivity contribution in [1.29, 1.82) is 0 Å². The van der Waals surface area contributed by atoms with Crippen LogP contribution in [0.3, 0.4) is 0 Å². The van der Waals surface area contributed by atoms with Crippen LogP contribution in [0.25, 0.3) is 10.9 Å². The zero-order valence-electron chi connectivity index (χ0n) is 13.5. The number of fused-ring (bicyclic) bond motifs is 1. The molecule has 0 fully saturated rings. The number of carbonyl (C=O) groups is 1. The van der Waals surface area contributed by atoms with Crippen molar-refractivity contribution in [1.82, 2.24) is 9.88 Å². The molecular weight excluding hydrogens is 288 g/mol. The van der Waals surface area contributed by atoms with Crippen LogP contribution in [-0.2, 0) is 0 Å². The maximum Gasteiger partial charge on any atom is 0.335 e. The number of benzene rings is 2. The Balaban J connectivity index is 2.11. The Hall–Kier alpha value is -2.59. The fourth-order valence-corrected chi connectivity index (χ4v) is 3.12. The van der Waals surface area contributed by atoms with E-state index in [4.69, 9.17) is 5.11 Å². The van der Waals surface area contributed by atoms with E-state index in [1.54, 1.807) is 12.1 Å². The van der Waals surface area contributed by atoms with Crippen LogP contribution in [0.15, 0.2) is 48.7 Å². The number of carboxylic acid groups (broad SMARTS) is 1. The van der Waals surface area contributed by atoms with E-state index in [1.807, 2.05) is 32.4 Å². The Morgan fingerprint density at radius 3 is 2.43 bits per heavy atom. The number of aromatic nitrogens is 1. The number of para-hydroxylation sites is 1. The second kappa shape index (κ2) is 5.89. The van der Waals surface area contributed by atoms with Crippen molar-refractivity contribution < 1.29 is 9.90 Å². The Bertz CT molecular complexity index is 847. The van der Waals surface area contributed by atoms with Gasteiger partial charge in [0.25, 0.3) is 0 Å². The maximum absolute atomic E-state index is 11.0. The number of aromatic carboxylic acids is 1. The van der Waals surface area contributed by atoms with E-state index in [9.17, 15) is 4.79 Å². The van der Waals surface area contributed by atoms with Crippen molar-refractivity contribution in [3.8, 4) is 0 Å². The molecule has 1 aromatic heterocycles. The number of H-pyrrole nitrogens is 1. The Labute approximate surface area is 135 Å². The molecule has 3 rings (SSSR count). The van der Waals surface area contributed by atoms with Crippen molar-refractivity contribution >= 4 is 16.9 Å². The van der Waals surface area contributed by atoms with Crippen molar-refractivity contribution in [2.75, 3.05) is 14.1 Å². The van der Waals surface area contributed by atoms with Crippen molar-refractivity contribution in [3.63, 3.8) is 0 Å². The summed E-state index contributed by atoms with van der Waals surface area (Å²) in [4.78, 5) is 16.6. The molecular formula is C19H20N2O2. The highest BCUT2D eigenvalue weighted by atomic mass is 16.4. The van der Waals surface area contributed by atoms with E-state index < -0.39 is 5.97 Å². The largest absolute Gasteiger partial charge is 0.478 e. The second-order valence-corrected chi connectivity index (χ2v) is 6.03. The number of hydrogen-bond acceptors (Lipinski definition) is 2. The second-order valence-electron chi connectivity index (χ2n) is 6.03. The number of carboxylic acids is 1. The standard InChI is InChI=1S/C19H20N2O2/c1-12-5-4-6-15-16(11-20-17(12)15)18(21(2)3)13-7-9-14(10-8-13)19(22)23/h4-11,18,20H,1-3H3,(H,22,23). The van der Waals surface area contributed by atoms with E-state index in [-0.39, 0.29) is 6.04 Å². The number of aromatic amines is 1. The molecule has 23 heavy (non-hydrogen) atoms. The van der Waals surface area contributed by atoms with Crippen molar-refractivity contribution in [2.24, 2.45) is 0 Å². The summed E-state index contributed by atoms with van der Waals surface area (Å²) in [5.41, 5.74) is 4.93. The molecule has 1 heterocycles. The van der Waals surface area contributed by atoms with Gasteiger partial charge in [0.05, 0.1) is 11.6 Å². The Kier molecular flexibility index (Phi) is 3.92. The molecule has 0 saturated heterocycles. The zero-order valence-corrected chi connectivity index (χ0v) is 13.5. The molecule has 0 aliphatic heterocycles. The molecule has 3 aromatic rings. The minimum atomic E-state index is -0.902. The average molecular weight is 308 g/mol. The van der Waals surface area contributed by atoms with Crippen LogP contribution in [0.5, 0.6) is 0 Å². The fraction of sp³-hybridized carbons (Fsp3) is 0.211. The number of rotatable bonds is 4. The van der Waals surface area contributed by atoms with Crippen LogP contribution in [0.1, 0.15) is 33.1 Å². The summed E-state index contributed by atoms with van der Waals surface area (Å²) in [6.07, 6.45) is 2.05. The SMILES string of the molecule is Cc1cccc2c(C(c3ccc(C(=O)O)cc3)N(C)C)c[nH]c12. The first kappa shape index (κ1) is 15.3. The highest BCUT2D eigenvalue weighted by molar-refractivity contribution is 5.88. The summed E-state index contributed by atoms with van der Waals surface area (Å²) >= 11 is 0. The Morgan fingerprint density at radius 2 is 1.83 bits per heavy atom. The number of nitrogens with one attached hydrogen (secondary N) is 1. The molecule has 0 aliphatic carbocycles. The first-order chi connectivity index (χ1) is 11.0. The molecule has 0 radical (unpaired) electrons. The molecule has 118 valence electrons. The molecule has 4 nitrogen and oxygen atoms in total. The summed E-state index contributed by atoms with van der Waals surface area (Å²) in [6, 6.07) is 13.4. The molecule has 0 amide bonds. The average Bonchev–Trinajstić information content (AvgIpc) is 2.93. The number of hydrogen-bond donors (Lipinski definition) is 2. The van der Waals surface area contributed by atoms with Gasteiger partial charge in [0.2, 0.25) is 0 Å². The van der Waals surface area contributed by atoms with Gasteiger partial charge in [-0.25, -0.2) is 4.79 Å². The summed E-state index contributed by atoms with van der Waals surface area (Å²) in [5.74, 6) is -0.902. The summed E-state index contributed by atoms with van der Waals surface area (Å²) < 4.78 is 0. The molecule has 1 unspecified atom stereocenters. The molecule has 0 spiro atoms. The van der Waals surface area contributed by atoms with E-state index >= 15 is 0 Å². The summed E-state index contributed by atoms with van der Waals surface area (Å²) in [6.45, 7) is 2.09. The highest BCUT2D eigenvalue weighted by Gasteiger charge is 2.20. The first-order valence-corrected chi connectivity index (χ1v) is 7.55. The summed E-state index contributed by atoms with van der Waals surface area (Å²) in [7, 11) is 4.06. The molecule has 2 N–H and O–H groups in total. The lowest BCUT2D eigenvalue weighted by atomic mass is 9.96. The van der Waals surface area contributed by atoms with Crippen LogP contribution in [0.4, 0.5) is 0 Å². The van der Waals surface area contributed by atoms with Gasteiger partial charge >= 0.3 is 5.97 Å². The first-order valence-electron chi connectivity index (χ1n) is 7.55. The molecule has 0 aliphatic rings. The van der Waals surface area contributed by atoms with Gasteiger partial charge in [-0.3, -0.25) is 4.90 Å². The molecule has 2 aromatic carbocycles.